The van der Waals surface area contributed by atoms with Crippen molar-refractivity contribution in [3.63, 3.8) is 0 Å². The van der Waals surface area contributed by atoms with E-state index in [2.05, 4.69) is 36.2 Å². The van der Waals surface area contributed by atoms with Gasteiger partial charge in [0.1, 0.15) is 0 Å². The first kappa shape index (κ1) is 14.1. The molecule has 2 fully saturated rings. The molecule has 1 N–H and O–H groups in total. The van der Waals surface area contributed by atoms with Crippen LogP contribution in [0.15, 0.2) is 0 Å². The average molecular weight is 276 g/mol. The standard InChI is InChI=1S/C16H28N4/c1-13-15(14(2)19(3)18-13)11-20-10-9-17-12-16(20)7-5-4-6-8-16/h17H,4-12H2,1-3H3. The molecule has 1 aromatic rings. The molecule has 2 aliphatic rings. The summed E-state index contributed by atoms with van der Waals surface area (Å²) >= 11 is 0. The third kappa shape index (κ3) is 2.40. The molecule has 1 spiro atoms. The molecule has 1 saturated heterocycles. The van der Waals surface area contributed by atoms with Gasteiger partial charge in [-0.3, -0.25) is 9.58 Å². The fraction of sp³-hybridized carbons (Fsp3) is 0.812. The Bertz CT molecular complexity index is 463. The third-order valence-electron chi connectivity index (χ3n) is 5.48. The molecule has 0 radical (unpaired) electrons. The predicted octanol–water partition coefficient (Wildman–Crippen LogP) is 2.15. The van der Waals surface area contributed by atoms with Crippen LogP contribution in [0.4, 0.5) is 0 Å². The van der Waals surface area contributed by atoms with Gasteiger partial charge in [-0.25, -0.2) is 0 Å². The van der Waals surface area contributed by atoms with Crippen molar-refractivity contribution in [3.8, 4) is 0 Å². The number of hydrogen-bond donors (Lipinski definition) is 1. The molecule has 1 aliphatic heterocycles. The maximum Gasteiger partial charge on any atom is 0.0641 e. The van der Waals surface area contributed by atoms with E-state index in [1.807, 2.05) is 4.68 Å². The molecule has 0 aromatic carbocycles. The highest BCUT2D eigenvalue weighted by molar-refractivity contribution is 5.24. The van der Waals surface area contributed by atoms with Gasteiger partial charge in [0.05, 0.1) is 5.69 Å². The van der Waals surface area contributed by atoms with Gasteiger partial charge in [-0.1, -0.05) is 19.3 Å². The number of rotatable bonds is 2. The van der Waals surface area contributed by atoms with Gasteiger partial charge in [-0.2, -0.15) is 5.10 Å². The molecule has 4 heteroatoms. The Hall–Kier alpha value is -0.870. The molecule has 2 heterocycles. The van der Waals surface area contributed by atoms with Crippen LogP contribution in [-0.4, -0.2) is 39.9 Å². The Morgan fingerprint density at radius 3 is 2.60 bits per heavy atom. The zero-order chi connectivity index (χ0) is 14.2. The number of aromatic nitrogens is 2. The number of nitrogens with one attached hydrogen (secondary N) is 1. The largest absolute Gasteiger partial charge is 0.314 e. The molecule has 0 amide bonds. The second-order valence-electron chi connectivity index (χ2n) is 6.66. The van der Waals surface area contributed by atoms with Gasteiger partial charge in [-0.05, 0) is 26.7 Å². The summed E-state index contributed by atoms with van der Waals surface area (Å²) in [4.78, 5) is 2.75. The van der Waals surface area contributed by atoms with Crippen molar-refractivity contribution in [3.05, 3.63) is 17.0 Å². The zero-order valence-electron chi connectivity index (χ0n) is 13.2. The van der Waals surface area contributed by atoms with Crippen LogP contribution in [0, 0.1) is 13.8 Å². The quantitative estimate of drug-likeness (QED) is 0.898. The van der Waals surface area contributed by atoms with Crippen LogP contribution in [0.25, 0.3) is 0 Å². The van der Waals surface area contributed by atoms with E-state index in [4.69, 9.17) is 0 Å². The van der Waals surface area contributed by atoms with E-state index in [0.717, 1.165) is 13.1 Å². The summed E-state index contributed by atoms with van der Waals surface area (Å²) in [5.41, 5.74) is 4.38. The topological polar surface area (TPSA) is 33.1 Å². The molecule has 3 rings (SSSR count). The second kappa shape index (κ2) is 5.49. The average Bonchev–Trinajstić information content (AvgIpc) is 2.69. The van der Waals surface area contributed by atoms with E-state index >= 15 is 0 Å². The van der Waals surface area contributed by atoms with Gasteiger partial charge in [0.25, 0.3) is 0 Å². The van der Waals surface area contributed by atoms with Crippen molar-refractivity contribution in [2.45, 2.75) is 58.0 Å². The summed E-state index contributed by atoms with van der Waals surface area (Å²) in [5.74, 6) is 0. The van der Waals surface area contributed by atoms with Gasteiger partial charge in [0.2, 0.25) is 0 Å². The fourth-order valence-electron chi connectivity index (χ4n) is 4.07. The van der Waals surface area contributed by atoms with Crippen LogP contribution in [0.2, 0.25) is 0 Å². The van der Waals surface area contributed by atoms with E-state index in [0.29, 0.717) is 5.54 Å². The highest BCUT2D eigenvalue weighted by Crippen LogP contribution is 2.36. The summed E-state index contributed by atoms with van der Waals surface area (Å²) in [6.07, 6.45) is 6.92. The SMILES string of the molecule is Cc1nn(C)c(C)c1CN1CCNCC12CCCCC2. The van der Waals surface area contributed by atoms with Gasteiger partial charge < -0.3 is 5.32 Å². The first-order valence-electron chi connectivity index (χ1n) is 8.07. The molecule has 4 nitrogen and oxygen atoms in total. The first-order valence-corrected chi connectivity index (χ1v) is 8.07. The van der Waals surface area contributed by atoms with E-state index in [9.17, 15) is 0 Å². The monoisotopic (exact) mass is 276 g/mol. The van der Waals surface area contributed by atoms with Crippen LogP contribution in [0.3, 0.4) is 0 Å². The highest BCUT2D eigenvalue weighted by Gasteiger charge is 2.39. The Labute approximate surface area is 122 Å². The summed E-state index contributed by atoms with van der Waals surface area (Å²) < 4.78 is 2.03. The van der Waals surface area contributed by atoms with Gasteiger partial charge in [0.15, 0.2) is 0 Å². The minimum atomic E-state index is 0.408. The van der Waals surface area contributed by atoms with Crippen molar-refractivity contribution in [2.24, 2.45) is 7.05 Å². The van der Waals surface area contributed by atoms with E-state index in [-0.39, 0.29) is 0 Å². The van der Waals surface area contributed by atoms with Crippen LogP contribution >= 0.6 is 0 Å². The van der Waals surface area contributed by atoms with Crippen molar-refractivity contribution in [1.29, 1.82) is 0 Å². The lowest BCUT2D eigenvalue weighted by Gasteiger charge is -2.50. The van der Waals surface area contributed by atoms with Crippen molar-refractivity contribution < 1.29 is 0 Å². The van der Waals surface area contributed by atoms with E-state index in [1.54, 1.807) is 0 Å². The molecule has 1 aliphatic carbocycles. The minimum absolute atomic E-state index is 0.408. The zero-order valence-corrected chi connectivity index (χ0v) is 13.2. The number of piperazine rings is 1. The fourth-order valence-corrected chi connectivity index (χ4v) is 4.07. The number of nitrogens with zero attached hydrogens (tertiary/aromatic N) is 3. The smallest absolute Gasteiger partial charge is 0.0641 e. The van der Waals surface area contributed by atoms with Crippen LogP contribution < -0.4 is 5.32 Å². The molecular formula is C16H28N4. The van der Waals surface area contributed by atoms with E-state index in [1.165, 1.54) is 62.1 Å². The van der Waals surface area contributed by atoms with Gasteiger partial charge >= 0.3 is 0 Å². The highest BCUT2D eigenvalue weighted by atomic mass is 15.3. The lowest BCUT2D eigenvalue weighted by molar-refractivity contribution is 0.0206. The summed E-state index contributed by atoms with van der Waals surface area (Å²) in [6, 6.07) is 0. The first-order chi connectivity index (χ1) is 9.62. The summed E-state index contributed by atoms with van der Waals surface area (Å²) in [6.45, 7) is 8.90. The van der Waals surface area contributed by atoms with Crippen molar-refractivity contribution >= 4 is 0 Å². The van der Waals surface area contributed by atoms with Crippen LogP contribution in [-0.2, 0) is 13.6 Å². The molecule has 112 valence electrons. The molecule has 1 aromatic heterocycles. The van der Waals surface area contributed by atoms with Crippen molar-refractivity contribution in [2.75, 3.05) is 19.6 Å². The predicted molar refractivity (Wildman–Crippen MR) is 81.8 cm³/mol. The Kier molecular flexibility index (Phi) is 3.87. The Morgan fingerprint density at radius 2 is 1.95 bits per heavy atom. The molecule has 20 heavy (non-hydrogen) atoms. The molecule has 1 saturated carbocycles. The van der Waals surface area contributed by atoms with Crippen LogP contribution in [0.5, 0.6) is 0 Å². The Balaban J connectivity index is 1.83. The molecule has 0 unspecified atom stereocenters. The second-order valence-corrected chi connectivity index (χ2v) is 6.66. The van der Waals surface area contributed by atoms with E-state index < -0.39 is 0 Å². The maximum atomic E-state index is 4.58. The van der Waals surface area contributed by atoms with Gasteiger partial charge in [0, 0.05) is 50.0 Å². The lowest BCUT2D eigenvalue weighted by Crippen LogP contribution is -2.61. The van der Waals surface area contributed by atoms with Crippen molar-refractivity contribution in [1.82, 2.24) is 20.0 Å². The number of hydrogen-bond acceptors (Lipinski definition) is 3. The third-order valence-corrected chi connectivity index (χ3v) is 5.48. The molecule has 0 atom stereocenters. The number of aryl methyl sites for hydroxylation is 2. The summed E-state index contributed by atoms with van der Waals surface area (Å²) in [7, 11) is 2.06. The Morgan fingerprint density at radius 1 is 1.20 bits per heavy atom. The lowest BCUT2D eigenvalue weighted by atomic mass is 9.79. The maximum absolute atomic E-state index is 4.58. The molecular weight excluding hydrogens is 248 g/mol. The molecule has 0 bridgehead atoms. The normalized spacial score (nSPS) is 23.4. The van der Waals surface area contributed by atoms with Crippen LogP contribution in [0.1, 0.15) is 49.1 Å². The summed E-state index contributed by atoms with van der Waals surface area (Å²) in [5, 5.41) is 8.22. The van der Waals surface area contributed by atoms with Gasteiger partial charge in [-0.15, -0.1) is 0 Å². The minimum Gasteiger partial charge on any atom is -0.314 e.